The van der Waals surface area contributed by atoms with Crippen molar-refractivity contribution in [3.63, 3.8) is 0 Å². The van der Waals surface area contributed by atoms with Gasteiger partial charge in [0.2, 0.25) is 0 Å². The number of alkyl halides is 3. The molecule has 0 aliphatic carbocycles. The quantitative estimate of drug-likeness (QED) is 0.505. The molecule has 0 aliphatic heterocycles. The predicted octanol–water partition coefficient (Wildman–Crippen LogP) is 4.74. The van der Waals surface area contributed by atoms with Crippen LogP contribution in [0.25, 0.3) is 0 Å². The van der Waals surface area contributed by atoms with Gasteiger partial charge in [-0.25, -0.2) is 4.98 Å². The molecule has 0 unspecified atom stereocenters. The molecule has 1 rings (SSSR count). The van der Waals surface area contributed by atoms with Crippen LogP contribution in [-0.4, -0.2) is 24.2 Å². The highest BCUT2D eigenvalue weighted by Crippen LogP contribution is 2.35. The molecule has 0 atom stereocenters. The highest BCUT2D eigenvalue weighted by Gasteiger charge is 2.38. The molecule has 0 radical (unpaired) electrons. The fourth-order valence-electron chi connectivity index (χ4n) is 1.23. The molecule has 0 N–H and O–H groups in total. The van der Waals surface area contributed by atoms with Gasteiger partial charge in [0, 0.05) is 14.7 Å². The third-order valence-corrected chi connectivity index (χ3v) is 5.46. The lowest BCUT2D eigenvalue weighted by molar-refractivity contribution is -0.141. The van der Waals surface area contributed by atoms with Crippen molar-refractivity contribution in [3.8, 4) is 0 Å². The molecule has 0 aliphatic rings. The fourth-order valence-corrected chi connectivity index (χ4v) is 3.27. The van der Waals surface area contributed by atoms with E-state index in [1.807, 2.05) is 0 Å². The third kappa shape index (κ3) is 5.20. The van der Waals surface area contributed by atoms with E-state index in [-0.39, 0.29) is 16.1 Å². The van der Waals surface area contributed by atoms with Gasteiger partial charge in [-0.2, -0.15) is 13.2 Å². The molecule has 1 heterocycles. The van der Waals surface area contributed by atoms with Crippen LogP contribution in [0.2, 0.25) is 25.7 Å². The van der Waals surface area contributed by atoms with Crippen molar-refractivity contribution in [3.05, 3.63) is 15.0 Å². The van der Waals surface area contributed by atoms with E-state index in [9.17, 15) is 13.2 Å². The van der Waals surface area contributed by atoms with Gasteiger partial charge >= 0.3 is 6.18 Å². The predicted molar refractivity (Wildman–Crippen MR) is 76.7 cm³/mol. The van der Waals surface area contributed by atoms with Crippen molar-refractivity contribution in [2.45, 2.75) is 38.6 Å². The number of nitrogens with zero attached hydrogens (tertiary/aromatic N) is 2. The summed E-state index contributed by atoms with van der Waals surface area (Å²) < 4.78 is 44.6. The van der Waals surface area contributed by atoms with Gasteiger partial charge in [-0.15, -0.1) is 0 Å². The van der Waals surface area contributed by atoms with Crippen molar-refractivity contribution < 1.29 is 17.9 Å². The minimum absolute atomic E-state index is 0.0364. The number of imidazole rings is 1. The summed E-state index contributed by atoms with van der Waals surface area (Å²) in [5, 5.41) is 0. The summed E-state index contributed by atoms with van der Waals surface area (Å²) in [7, 11) is -1.20. The minimum Gasteiger partial charge on any atom is -0.361 e. The summed E-state index contributed by atoms with van der Waals surface area (Å²) in [5.41, 5.74) is -0.951. The van der Waals surface area contributed by atoms with Gasteiger partial charge in [-0.3, -0.25) is 4.57 Å². The van der Waals surface area contributed by atoms with Crippen LogP contribution in [0.4, 0.5) is 13.2 Å². The summed E-state index contributed by atoms with van der Waals surface area (Å²) in [6.45, 7) is 7.20. The van der Waals surface area contributed by atoms with Crippen LogP contribution in [0.1, 0.15) is 5.69 Å². The maximum atomic E-state index is 12.6. The zero-order valence-corrected chi connectivity index (χ0v) is 15.0. The molecule has 110 valence electrons. The molecule has 19 heavy (non-hydrogen) atoms. The molecular weight excluding hydrogens is 409 g/mol. The maximum absolute atomic E-state index is 12.6. The molecule has 3 nitrogen and oxygen atoms in total. The van der Waals surface area contributed by atoms with Crippen LogP contribution in [0, 0.1) is 0 Å². The van der Waals surface area contributed by atoms with E-state index in [2.05, 4.69) is 56.5 Å². The third-order valence-electron chi connectivity index (χ3n) is 2.34. The Balaban J connectivity index is 2.67. The average molecular weight is 424 g/mol. The molecule has 0 saturated carbocycles. The van der Waals surface area contributed by atoms with E-state index in [4.69, 9.17) is 4.74 Å². The molecule has 0 aromatic carbocycles. The highest BCUT2D eigenvalue weighted by atomic mass is 79.9. The normalized spacial score (nSPS) is 13.1. The zero-order valence-electron chi connectivity index (χ0n) is 10.8. The van der Waals surface area contributed by atoms with E-state index in [1.165, 1.54) is 4.57 Å². The van der Waals surface area contributed by atoms with E-state index in [0.29, 0.717) is 6.61 Å². The number of halogens is 5. The van der Waals surface area contributed by atoms with Crippen LogP contribution < -0.4 is 0 Å². The number of rotatable bonds is 5. The van der Waals surface area contributed by atoms with Gasteiger partial charge in [0.25, 0.3) is 0 Å². The second kappa shape index (κ2) is 6.27. The molecule has 0 fully saturated rings. The lowest BCUT2D eigenvalue weighted by atomic mass is 10.5. The first kappa shape index (κ1) is 17.2. The van der Waals surface area contributed by atoms with Crippen molar-refractivity contribution in [1.82, 2.24) is 9.55 Å². The van der Waals surface area contributed by atoms with Crippen molar-refractivity contribution in [2.75, 3.05) is 6.61 Å². The Bertz CT molecular complexity index is 443. The van der Waals surface area contributed by atoms with Gasteiger partial charge in [0.15, 0.2) is 10.4 Å². The van der Waals surface area contributed by atoms with Crippen molar-refractivity contribution >= 4 is 39.9 Å². The summed E-state index contributed by atoms with van der Waals surface area (Å²) >= 11 is 5.91. The van der Waals surface area contributed by atoms with E-state index in [0.717, 1.165) is 6.04 Å². The average Bonchev–Trinajstić information content (AvgIpc) is 2.48. The highest BCUT2D eigenvalue weighted by molar-refractivity contribution is 9.11. The van der Waals surface area contributed by atoms with Gasteiger partial charge in [-0.05, 0) is 37.9 Å². The Morgan fingerprint density at radius 2 is 1.84 bits per heavy atom. The summed E-state index contributed by atoms with van der Waals surface area (Å²) in [6.07, 6.45) is -4.48. The number of hydrogen-bond donors (Lipinski definition) is 0. The fraction of sp³-hybridized carbons (Fsp3) is 0.700. The summed E-state index contributed by atoms with van der Waals surface area (Å²) in [4.78, 5) is 3.45. The second-order valence-corrected chi connectivity index (χ2v) is 12.4. The molecule has 0 saturated heterocycles. The lowest BCUT2D eigenvalue weighted by Crippen LogP contribution is -2.22. The van der Waals surface area contributed by atoms with E-state index in [1.54, 1.807) is 0 Å². The number of ether oxygens (including phenoxy) is 1. The Kier molecular flexibility index (Phi) is 5.68. The Hall–Kier alpha value is 0.137. The van der Waals surface area contributed by atoms with Crippen LogP contribution >= 0.6 is 31.9 Å². The standard InChI is InChI=1S/C10H15Br2F3N2OSi/c1-19(2,3)5-4-18-6-17-8(11)7(10(13,14)15)16-9(17)12/h4-6H2,1-3H3. The van der Waals surface area contributed by atoms with Crippen LogP contribution in [-0.2, 0) is 17.6 Å². The second-order valence-electron chi connectivity index (χ2n) is 5.29. The van der Waals surface area contributed by atoms with Crippen LogP contribution in [0.5, 0.6) is 0 Å². The Morgan fingerprint density at radius 3 is 2.26 bits per heavy atom. The van der Waals surface area contributed by atoms with Crippen LogP contribution in [0.15, 0.2) is 9.34 Å². The smallest absolute Gasteiger partial charge is 0.361 e. The molecule has 1 aromatic rings. The first-order valence-electron chi connectivity index (χ1n) is 5.59. The minimum atomic E-state index is -4.48. The first-order valence-corrected chi connectivity index (χ1v) is 10.9. The molecule has 1 aromatic heterocycles. The molecule has 0 bridgehead atoms. The molecule has 0 spiro atoms. The van der Waals surface area contributed by atoms with Gasteiger partial charge in [0.05, 0.1) is 0 Å². The largest absolute Gasteiger partial charge is 0.436 e. The van der Waals surface area contributed by atoms with Crippen molar-refractivity contribution in [2.24, 2.45) is 0 Å². The summed E-state index contributed by atoms with van der Waals surface area (Å²) in [6, 6.07) is 0.961. The zero-order chi connectivity index (χ0) is 14.8. The number of aromatic nitrogens is 2. The Morgan fingerprint density at radius 1 is 1.26 bits per heavy atom. The number of hydrogen-bond acceptors (Lipinski definition) is 2. The first-order chi connectivity index (χ1) is 8.52. The Labute approximate surface area is 127 Å². The van der Waals surface area contributed by atoms with Gasteiger partial charge in [-0.1, -0.05) is 19.6 Å². The maximum Gasteiger partial charge on any atom is 0.436 e. The molecule has 9 heteroatoms. The van der Waals surface area contributed by atoms with E-state index < -0.39 is 19.9 Å². The van der Waals surface area contributed by atoms with Gasteiger partial charge in [0.1, 0.15) is 11.3 Å². The monoisotopic (exact) mass is 422 g/mol. The molecule has 0 amide bonds. The van der Waals surface area contributed by atoms with E-state index >= 15 is 0 Å². The van der Waals surface area contributed by atoms with Gasteiger partial charge < -0.3 is 4.74 Å². The summed E-state index contributed by atoms with van der Waals surface area (Å²) in [5.74, 6) is 0. The van der Waals surface area contributed by atoms with Crippen LogP contribution in [0.3, 0.4) is 0 Å². The topological polar surface area (TPSA) is 27.1 Å². The molecular formula is C10H15Br2F3N2OSi. The SMILES string of the molecule is C[Si](C)(C)CCOCn1c(Br)nc(C(F)(F)F)c1Br. The lowest BCUT2D eigenvalue weighted by Gasteiger charge is -2.16. The van der Waals surface area contributed by atoms with Crippen molar-refractivity contribution in [1.29, 1.82) is 0 Å².